The van der Waals surface area contributed by atoms with E-state index in [1.807, 2.05) is 13.8 Å². The average Bonchev–Trinajstić information content (AvgIpc) is 2.96. The Balaban J connectivity index is 2.21. The van der Waals surface area contributed by atoms with Crippen molar-refractivity contribution in [1.29, 1.82) is 0 Å². The number of rotatable bonds is 5. The molecule has 2 rings (SSSR count). The van der Waals surface area contributed by atoms with E-state index in [2.05, 4.69) is 4.98 Å². The third-order valence-corrected chi connectivity index (χ3v) is 4.92. The van der Waals surface area contributed by atoms with E-state index in [0.717, 1.165) is 9.75 Å². The molecule has 5 nitrogen and oxygen atoms in total. The summed E-state index contributed by atoms with van der Waals surface area (Å²) in [6.45, 7) is 10.2. The number of nitrogens with one attached hydrogen (secondary N) is 1. The van der Waals surface area contributed by atoms with Crippen LogP contribution >= 0.6 is 11.3 Å². The summed E-state index contributed by atoms with van der Waals surface area (Å²) in [6.07, 6.45) is -0.936. The Morgan fingerprint density at radius 2 is 1.79 bits per heavy atom. The fraction of sp³-hybridized carbons (Fsp3) is 0.389. The second kappa shape index (κ2) is 6.73. The molecule has 24 heavy (non-hydrogen) atoms. The van der Waals surface area contributed by atoms with Crippen molar-refractivity contribution in [3.05, 3.63) is 43.9 Å². The van der Waals surface area contributed by atoms with Gasteiger partial charge in [-0.1, -0.05) is 0 Å². The summed E-state index contributed by atoms with van der Waals surface area (Å²) in [5.74, 6) is -0.958. The summed E-state index contributed by atoms with van der Waals surface area (Å²) in [5.41, 5.74) is 2.56. The van der Waals surface area contributed by atoms with Crippen LogP contribution < -0.4 is 0 Å². The van der Waals surface area contributed by atoms with E-state index in [1.165, 1.54) is 25.2 Å². The molecule has 0 unspecified atom stereocenters. The molecule has 1 atom stereocenters. The zero-order valence-corrected chi connectivity index (χ0v) is 15.5. The fourth-order valence-electron chi connectivity index (χ4n) is 2.84. The highest BCUT2D eigenvalue weighted by Crippen LogP contribution is 2.23. The molecule has 0 spiro atoms. The Labute approximate surface area is 145 Å². The number of ketones is 2. The first-order valence-corrected chi connectivity index (χ1v) is 8.47. The average molecular weight is 347 g/mol. The number of aryl methyl sites for hydroxylation is 3. The third kappa shape index (κ3) is 3.33. The Hall–Kier alpha value is -2.21. The molecule has 0 aliphatic heterocycles. The minimum atomic E-state index is -0.936. The molecular formula is C18H21NO4S. The van der Waals surface area contributed by atoms with Crippen molar-refractivity contribution in [1.82, 2.24) is 4.98 Å². The van der Waals surface area contributed by atoms with E-state index < -0.39 is 12.1 Å². The van der Waals surface area contributed by atoms with E-state index in [1.54, 1.807) is 19.9 Å². The second-order valence-corrected chi connectivity index (χ2v) is 7.38. The summed E-state index contributed by atoms with van der Waals surface area (Å²) in [6, 6.07) is 1.76. The number of aromatic amines is 1. The van der Waals surface area contributed by atoms with Gasteiger partial charge in [-0.25, -0.2) is 4.79 Å². The number of carbonyl (C=O) groups is 3. The molecule has 2 aromatic heterocycles. The molecule has 2 heterocycles. The Bertz CT molecular complexity index is 828. The van der Waals surface area contributed by atoms with Crippen molar-refractivity contribution in [3.8, 4) is 0 Å². The van der Waals surface area contributed by atoms with E-state index in [0.29, 0.717) is 28.1 Å². The van der Waals surface area contributed by atoms with Crippen LogP contribution in [0, 0.1) is 27.7 Å². The smallest absolute Gasteiger partial charge is 0.339 e. The molecule has 0 bridgehead atoms. The van der Waals surface area contributed by atoms with Gasteiger partial charge in [0.2, 0.25) is 5.78 Å². The lowest BCUT2D eigenvalue weighted by molar-refractivity contribution is 0.0316. The number of aromatic nitrogens is 1. The molecule has 6 heteroatoms. The molecular weight excluding hydrogens is 326 g/mol. The predicted octanol–water partition coefficient (Wildman–Crippen LogP) is 3.94. The van der Waals surface area contributed by atoms with E-state index in [-0.39, 0.29) is 11.6 Å². The molecule has 128 valence electrons. The number of Topliss-reactive ketones (excluding diaryl/α,β-unsaturated/α-hetero) is 2. The molecule has 0 aromatic carbocycles. The maximum atomic E-state index is 12.6. The fourth-order valence-corrected chi connectivity index (χ4v) is 3.75. The molecule has 0 aliphatic carbocycles. The van der Waals surface area contributed by atoms with Gasteiger partial charge in [-0.05, 0) is 53.2 Å². The maximum Gasteiger partial charge on any atom is 0.339 e. The highest BCUT2D eigenvalue weighted by molar-refractivity contribution is 7.12. The second-order valence-electron chi connectivity index (χ2n) is 5.92. The number of hydrogen-bond donors (Lipinski definition) is 1. The molecule has 1 N–H and O–H groups in total. The molecule has 0 amide bonds. The minimum absolute atomic E-state index is 0.102. The highest BCUT2D eigenvalue weighted by Gasteiger charge is 2.27. The molecule has 0 saturated heterocycles. The number of H-pyrrole nitrogens is 1. The van der Waals surface area contributed by atoms with Gasteiger partial charge in [-0.2, -0.15) is 0 Å². The van der Waals surface area contributed by atoms with E-state index in [9.17, 15) is 14.4 Å². The predicted molar refractivity (Wildman–Crippen MR) is 93.3 cm³/mol. The van der Waals surface area contributed by atoms with Crippen LogP contribution in [0.15, 0.2) is 6.07 Å². The van der Waals surface area contributed by atoms with Gasteiger partial charge in [0.25, 0.3) is 0 Å². The van der Waals surface area contributed by atoms with Crippen molar-refractivity contribution in [2.75, 3.05) is 0 Å². The maximum absolute atomic E-state index is 12.6. The number of hydrogen-bond acceptors (Lipinski definition) is 5. The highest BCUT2D eigenvalue weighted by atomic mass is 32.1. The summed E-state index contributed by atoms with van der Waals surface area (Å²) in [5, 5.41) is 0. The van der Waals surface area contributed by atoms with Crippen molar-refractivity contribution < 1.29 is 19.1 Å². The van der Waals surface area contributed by atoms with Gasteiger partial charge in [-0.3, -0.25) is 9.59 Å². The first kappa shape index (κ1) is 18.1. The lowest BCUT2D eigenvalue weighted by Gasteiger charge is -2.12. The topological polar surface area (TPSA) is 76.2 Å². The molecule has 0 fully saturated rings. The quantitative estimate of drug-likeness (QED) is 0.656. The van der Waals surface area contributed by atoms with Gasteiger partial charge in [0.1, 0.15) is 0 Å². The van der Waals surface area contributed by atoms with Crippen LogP contribution in [0.4, 0.5) is 0 Å². The summed E-state index contributed by atoms with van der Waals surface area (Å²) >= 11 is 1.51. The van der Waals surface area contributed by atoms with Crippen LogP contribution in [-0.2, 0) is 4.74 Å². The van der Waals surface area contributed by atoms with Crippen LogP contribution in [-0.4, -0.2) is 28.6 Å². The van der Waals surface area contributed by atoms with E-state index >= 15 is 0 Å². The summed E-state index contributed by atoms with van der Waals surface area (Å²) in [4.78, 5) is 41.4. The molecule has 0 saturated carbocycles. The van der Waals surface area contributed by atoms with Gasteiger partial charge >= 0.3 is 5.97 Å². The minimum Gasteiger partial charge on any atom is -0.451 e. The Morgan fingerprint density at radius 1 is 1.17 bits per heavy atom. The van der Waals surface area contributed by atoms with Gasteiger partial charge < -0.3 is 9.72 Å². The number of ether oxygens (including phenoxy) is 1. The normalized spacial score (nSPS) is 12.1. The van der Waals surface area contributed by atoms with Gasteiger partial charge in [0, 0.05) is 21.0 Å². The van der Waals surface area contributed by atoms with Crippen LogP contribution in [0.1, 0.15) is 66.1 Å². The molecule has 2 aromatic rings. The van der Waals surface area contributed by atoms with Crippen molar-refractivity contribution in [2.24, 2.45) is 0 Å². The largest absolute Gasteiger partial charge is 0.451 e. The van der Waals surface area contributed by atoms with Gasteiger partial charge in [0.05, 0.1) is 11.3 Å². The SMILES string of the molecule is CC(=O)c1c(C)[nH]c(C(=O)[C@@H](C)OC(=O)c2cc(C)sc2C)c1C. The lowest BCUT2D eigenvalue weighted by Crippen LogP contribution is -2.25. The van der Waals surface area contributed by atoms with Crippen LogP contribution in [0.3, 0.4) is 0 Å². The van der Waals surface area contributed by atoms with Gasteiger partial charge in [0.15, 0.2) is 11.9 Å². The monoisotopic (exact) mass is 347 g/mol. The number of esters is 1. The van der Waals surface area contributed by atoms with Gasteiger partial charge in [-0.15, -0.1) is 11.3 Å². The number of thiophene rings is 1. The van der Waals surface area contributed by atoms with Crippen molar-refractivity contribution in [3.63, 3.8) is 0 Å². The number of carbonyl (C=O) groups excluding carboxylic acids is 3. The lowest BCUT2D eigenvalue weighted by atomic mass is 10.0. The Kier molecular flexibility index (Phi) is 5.08. The van der Waals surface area contributed by atoms with Crippen LogP contribution in [0.2, 0.25) is 0 Å². The molecule has 0 radical (unpaired) electrons. The van der Waals surface area contributed by atoms with Crippen molar-refractivity contribution >= 4 is 28.9 Å². The summed E-state index contributed by atoms with van der Waals surface area (Å²) in [7, 11) is 0. The molecule has 0 aliphatic rings. The van der Waals surface area contributed by atoms with E-state index in [4.69, 9.17) is 4.74 Å². The van der Waals surface area contributed by atoms with Crippen LogP contribution in [0.5, 0.6) is 0 Å². The van der Waals surface area contributed by atoms with Crippen molar-refractivity contribution in [2.45, 2.75) is 47.6 Å². The Morgan fingerprint density at radius 3 is 2.25 bits per heavy atom. The standard InChI is InChI=1S/C18H21NO4S/c1-8-7-14(13(6)24-8)18(22)23-12(5)17(21)16-9(2)15(11(4)20)10(3)19-16/h7,12,19H,1-6H3/t12-/m1/s1. The first-order valence-electron chi connectivity index (χ1n) is 7.65. The third-order valence-electron chi connectivity index (χ3n) is 3.95. The zero-order valence-electron chi connectivity index (χ0n) is 14.7. The first-order chi connectivity index (χ1) is 11.1. The van der Waals surface area contributed by atoms with Crippen LogP contribution in [0.25, 0.3) is 0 Å². The summed E-state index contributed by atoms with van der Waals surface area (Å²) < 4.78 is 5.32. The zero-order chi connectivity index (χ0) is 18.2.